The van der Waals surface area contributed by atoms with Crippen molar-refractivity contribution in [1.82, 2.24) is 4.98 Å². The Morgan fingerprint density at radius 2 is 1.97 bits per heavy atom. The number of nitrogens with zero attached hydrogens (tertiary/aromatic N) is 2. The fourth-order valence-electron chi connectivity index (χ4n) is 4.05. The van der Waals surface area contributed by atoms with E-state index >= 15 is 0 Å². The van der Waals surface area contributed by atoms with Crippen LogP contribution < -0.4 is 20.7 Å². The van der Waals surface area contributed by atoms with Gasteiger partial charge in [-0.3, -0.25) is 4.79 Å². The van der Waals surface area contributed by atoms with Crippen molar-refractivity contribution in [2.24, 2.45) is 11.7 Å². The SMILES string of the molecule is C=C(N)c1cccc(OCC2CCN(c3ccc(NC(=O)c4cc(C)cc(F)c4)cn3)CC2)c1. The summed E-state index contributed by atoms with van der Waals surface area (Å²) in [6.07, 6.45) is 3.64. The predicted molar refractivity (Wildman–Crippen MR) is 133 cm³/mol. The first kappa shape index (κ1) is 23.3. The minimum Gasteiger partial charge on any atom is -0.493 e. The number of aromatic nitrogens is 1. The molecule has 1 saturated heterocycles. The van der Waals surface area contributed by atoms with E-state index in [4.69, 9.17) is 10.5 Å². The second-order valence-corrected chi connectivity index (χ2v) is 8.67. The van der Waals surface area contributed by atoms with Gasteiger partial charge in [-0.15, -0.1) is 0 Å². The zero-order valence-electron chi connectivity index (χ0n) is 19.3. The number of halogens is 1. The van der Waals surface area contributed by atoms with Crippen LogP contribution in [0.3, 0.4) is 0 Å². The molecule has 0 aliphatic carbocycles. The average Bonchev–Trinajstić information content (AvgIpc) is 2.83. The van der Waals surface area contributed by atoms with Gasteiger partial charge in [-0.2, -0.15) is 0 Å². The summed E-state index contributed by atoms with van der Waals surface area (Å²) in [7, 11) is 0. The number of rotatable bonds is 7. The second-order valence-electron chi connectivity index (χ2n) is 8.67. The maximum atomic E-state index is 13.6. The molecule has 1 amide bonds. The third kappa shape index (κ3) is 5.92. The summed E-state index contributed by atoms with van der Waals surface area (Å²) < 4.78 is 19.6. The monoisotopic (exact) mass is 460 g/mol. The summed E-state index contributed by atoms with van der Waals surface area (Å²) in [5.41, 5.74) is 8.72. The van der Waals surface area contributed by atoms with Gasteiger partial charge in [-0.1, -0.05) is 18.7 Å². The fourth-order valence-corrected chi connectivity index (χ4v) is 4.05. The molecule has 0 radical (unpaired) electrons. The molecule has 3 N–H and O–H groups in total. The molecule has 1 fully saturated rings. The van der Waals surface area contributed by atoms with Crippen molar-refractivity contribution in [2.45, 2.75) is 19.8 Å². The number of benzene rings is 2. The standard InChI is InChI=1S/C27H29FN4O2/c1-18-12-22(14-23(28)13-18)27(33)31-24-6-7-26(30-16-24)32-10-8-20(9-11-32)17-34-25-5-3-4-21(15-25)19(2)29/h3-7,12-16,20H,2,8-11,17,29H2,1H3,(H,31,33). The van der Waals surface area contributed by atoms with Gasteiger partial charge in [0.25, 0.3) is 5.91 Å². The van der Waals surface area contributed by atoms with Crippen molar-refractivity contribution in [3.63, 3.8) is 0 Å². The van der Waals surface area contributed by atoms with Crippen LogP contribution in [0.25, 0.3) is 5.70 Å². The molecule has 0 unspecified atom stereocenters. The van der Waals surface area contributed by atoms with Crippen molar-refractivity contribution in [3.05, 3.63) is 89.9 Å². The van der Waals surface area contributed by atoms with Crippen LogP contribution in [0, 0.1) is 18.7 Å². The number of carbonyl (C=O) groups excluding carboxylic acids is 1. The number of nitrogens with one attached hydrogen (secondary N) is 1. The van der Waals surface area contributed by atoms with E-state index in [0.717, 1.165) is 43.1 Å². The molecular formula is C27H29FN4O2. The van der Waals surface area contributed by atoms with Gasteiger partial charge >= 0.3 is 0 Å². The largest absolute Gasteiger partial charge is 0.493 e. The highest BCUT2D eigenvalue weighted by atomic mass is 19.1. The Kier molecular flexibility index (Phi) is 7.11. The van der Waals surface area contributed by atoms with Gasteiger partial charge in [0.05, 0.1) is 18.5 Å². The van der Waals surface area contributed by atoms with E-state index in [1.54, 1.807) is 19.2 Å². The van der Waals surface area contributed by atoms with Crippen molar-refractivity contribution >= 4 is 23.1 Å². The molecule has 4 rings (SSSR count). The van der Waals surface area contributed by atoms with Crippen LogP contribution in [-0.4, -0.2) is 30.6 Å². The van der Waals surface area contributed by atoms with Crippen LogP contribution in [0.5, 0.6) is 5.75 Å². The van der Waals surface area contributed by atoms with Crippen molar-refractivity contribution < 1.29 is 13.9 Å². The summed E-state index contributed by atoms with van der Waals surface area (Å²) in [4.78, 5) is 19.2. The van der Waals surface area contributed by atoms with Crippen molar-refractivity contribution in [2.75, 3.05) is 29.9 Å². The third-order valence-corrected chi connectivity index (χ3v) is 5.94. The van der Waals surface area contributed by atoms with Gasteiger partial charge < -0.3 is 20.7 Å². The number of hydrogen-bond donors (Lipinski definition) is 2. The summed E-state index contributed by atoms with van der Waals surface area (Å²) >= 11 is 0. The number of piperidine rings is 1. The number of hydrogen-bond acceptors (Lipinski definition) is 5. The normalized spacial score (nSPS) is 14.0. The van der Waals surface area contributed by atoms with E-state index in [2.05, 4.69) is 21.8 Å². The highest BCUT2D eigenvalue weighted by molar-refractivity contribution is 6.04. The quantitative estimate of drug-likeness (QED) is 0.518. The molecule has 3 aromatic rings. The van der Waals surface area contributed by atoms with E-state index < -0.39 is 5.82 Å². The van der Waals surface area contributed by atoms with Crippen LogP contribution in [0.15, 0.2) is 67.4 Å². The summed E-state index contributed by atoms with van der Waals surface area (Å²) in [6, 6.07) is 15.7. The zero-order chi connectivity index (χ0) is 24.1. The molecule has 1 aliphatic rings. The molecule has 0 saturated carbocycles. The number of amides is 1. The molecule has 1 aliphatic heterocycles. The first-order chi connectivity index (χ1) is 16.4. The van der Waals surface area contributed by atoms with Gasteiger partial charge in [-0.05, 0) is 73.7 Å². The van der Waals surface area contributed by atoms with Crippen LogP contribution in [0.1, 0.15) is 34.3 Å². The second kappa shape index (κ2) is 10.4. The molecule has 7 heteroatoms. The molecular weight excluding hydrogens is 431 g/mol. The molecule has 1 aromatic heterocycles. The Morgan fingerprint density at radius 3 is 2.65 bits per heavy atom. The molecule has 0 bridgehead atoms. The van der Waals surface area contributed by atoms with Crippen LogP contribution in [0.2, 0.25) is 0 Å². The highest BCUT2D eigenvalue weighted by Gasteiger charge is 2.21. The number of nitrogens with two attached hydrogens (primary N) is 1. The van der Waals surface area contributed by atoms with E-state index in [-0.39, 0.29) is 11.5 Å². The maximum absolute atomic E-state index is 13.6. The lowest BCUT2D eigenvalue weighted by atomic mass is 9.98. The smallest absolute Gasteiger partial charge is 0.255 e. The zero-order valence-corrected chi connectivity index (χ0v) is 19.3. The van der Waals surface area contributed by atoms with Gasteiger partial charge in [0.2, 0.25) is 0 Å². The predicted octanol–water partition coefficient (Wildman–Crippen LogP) is 5.01. The molecule has 0 atom stereocenters. The Hall–Kier alpha value is -3.87. The fraction of sp³-hybridized carbons (Fsp3) is 0.259. The number of carbonyl (C=O) groups is 1. The van der Waals surface area contributed by atoms with Crippen molar-refractivity contribution in [1.29, 1.82) is 0 Å². The molecule has 176 valence electrons. The number of anilines is 2. The summed E-state index contributed by atoms with van der Waals surface area (Å²) in [5.74, 6) is 1.35. The topological polar surface area (TPSA) is 80.5 Å². The van der Waals surface area contributed by atoms with Gasteiger partial charge in [0, 0.05) is 29.9 Å². The Labute approximate surface area is 199 Å². The summed E-state index contributed by atoms with van der Waals surface area (Å²) in [6.45, 7) is 7.95. The average molecular weight is 461 g/mol. The lowest BCUT2D eigenvalue weighted by Crippen LogP contribution is -2.36. The van der Waals surface area contributed by atoms with Crippen molar-refractivity contribution in [3.8, 4) is 5.75 Å². The first-order valence-electron chi connectivity index (χ1n) is 11.3. The first-order valence-corrected chi connectivity index (χ1v) is 11.3. The molecule has 0 spiro atoms. The minimum absolute atomic E-state index is 0.283. The van der Waals surface area contributed by atoms with Gasteiger partial charge in [0.1, 0.15) is 17.4 Å². The highest BCUT2D eigenvalue weighted by Crippen LogP contribution is 2.24. The summed E-state index contributed by atoms with van der Waals surface area (Å²) in [5, 5.41) is 2.78. The molecule has 2 aromatic carbocycles. The lowest BCUT2D eigenvalue weighted by molar-refractivity contribution is 0.102. The number of pyridine rings is 1. The number of aryl methyl sites for hydroxylation is 1. The van der Waals surface area contributed by atoms with Crippen LogP contribution >= 0.6 is 0 Å². The lowest BCUT2D eigenvalue weighted by Gasteiger charge is -2.32. The van der Waals surface area contributed by atoms with E-state index in [1.165, 1.54) is 12.1 Å². The van der Waals surface area contributed by atoms with Crippen LogP contribution in [0.4, 0.5) is 15.9 Å². The molecule has 34 heavy (non-hydrogen) atoms. The number of ether oxygens (including phenoxy) is 1. The van der Waals surface area contributed by atoms with E-state index in [1.807, 2.05) is 36.4 Å². The molecule has 6 nitrogen and oxygen atoms in total. The van der Waals surface area contributed by atoms with Gasteiger partial charge in [0.15, 0.2) is 0 Å². The Morgan fingerprint density at radius 1 is 1.18 bits per heavy atom. The Bertz CT molecular complexity index is 1150. The van der Waals surface area contributed by atoms with E-state index in [0.29, 0.717) is 29.5 Å². The molecule has 2 heterocycles. The minimum atomic E-state index is -0.428. The maximum Gasteiger partial charge on any atom is 0.255 e. The Balaban J connectivity index is 1.27. The third-order valence-electron chi connectivity index (χ3n) is 5.94. The van der Waals surface area contributed by atoms with Gasteiger partial charge in [-0.25, -0.2) is 9.37 Å². The van der Waals surface area contributed by atoms with E-state index in [9.17, 15) is 9.18 Å². The van der Waals surface area contributed by atoms with Crippen LogP contribution in [-0.2, 0) is 0 Å².